The quantitative estimate of drug-likeness (QED) is 0.851. The van der Waals surface area contributed by atoms with Gasteiger partial charge in [0.05, 0.1) is 5.56 Å². The lowest BCUT2D eigenvalue weighted by Crippen LogP contribution is -2.48. The minimum absolute atomic E-state index is 0.176. The number of aliphatic imine (C=N–C) groups is 1. The highest BCUT2D eigenvalue weighted by Crippen LogP contribution is 2.43. The summed E-state index contributed by atoms with van der Waals surface area (Å²) in [6.45, 7) is 2.97. The molecule has 2 aliphatic heterocycles. The van der Waals surface area contributed by atoms with Gasteiger partial charge in [0.25, 0.3) is 5.91 Å². The molecule has 2 aromatic rings. The van der Waals surface area contributed by atoms with Crippen LogP contribution in [0.2, 0.25) is 0 Å². The number of aromatic amines is 1. The van der Waals surface area contributed by atoms with Gasteiger partial charge in [-0.25, -0.2) is 0 Å². The molecule has 4 heteroatoms. The minimum Gasteiger partial charge on any atom is -0.360 e. The molecule has 3 heterocycles. The number of carbonyl (C=O) groups is 1. The number of allylic oxidation sites excluding steroid dienone is 1. The van der Waals surface area contributed by atoms with E-state index in [1.807, 2.05) is 30.5 Å². The molecule has 1 N–H and O–H groups in total. The summed E-state index contributed by atoms with van der Waals surface area (Å²) in [7, 11) is 0. The fraction of sp³-hybridized carbons (Fsp3) is 0.400. The second kappa shape index (κ2) is 5.07. The van der Waals surface area contributed by atoms with E-state index in [2.05, 4.69) is 16.8 Å². The van der Waals surface area contributed by atoms with Crippen LogP contribution >= 0.6 is 0 Å². The standard InChI is InChI=1S/C20H21N3O/c1-12-8-14-10-15-9-13(19(14)22-12)6-7-23(15)20(24)17-11-21-18-5-3-2-4-16(17)18/h2-5,11,13,15,21H,6-10H2,1H3/t13-,15+/m1/s1. The first kappa shape index (κ1) is 14.0. The Bertz CT molecular complexity index is 904. The molecule has 1 saturated heterocycles. The summed E-state index contributed by atoms with van der Waals surface area (Å²) in [5.41, 5.74) is 5.90. The maximum absolute atomic E-state index is 13.2. The highest BCUT2D eigenvalue weighted by Gasteiger charge is 2.40. The van der Waals surface area contributed by atoms with Crippen LogP contribution in [0.4, 0.5) is 0 Å². The average molecular weight is 319 g/mol. The van der Waals surface area contributed by atoms with Gasteiger partial charge >= 0.3 is 0 Å². The van der Waals surface area contributed by atoms with Crippen LogP contribution in [-0.4, -0.2) is 34.1 Å². The maximum atomic E-state index is 13.2. The van der Waals surface area contributed by atoms with E-state index >= 15 is 0 Å². The summed E-state index contributed by atoms with van der Waals surface area (Å²) < 4.78 is 0. The van der Waals surface area contributed by atoms with E-state index in [1.54, 1.807) is 0 Å². The molecule has 1 aromatic carbocycles. The molecule has 5 rings (SSSR count). The zero-order chi connectivity index (χ0) is 16.3. The van der Waals surface area contributed by atoms with E-state index < -0.39 is 0 Å². The summed E-state index contributed by atoms with van der Waals surface area (Å²) in [5.74, 6) is 0.735. The highest BCUT2D eigenvalue weighted by molar-refractivity contribution is 6.06. The van der Waals surface area contributed by atoms with Crippen molar-refractivity contribution in [2.24, 2.45) is 10.9 Å². The Kier molecular flexibility index (Phi) is 2.96. The van der Waals surface area contributed by atoms with Crippen LogP contribution in [-0.2, 0) is 0 Å². The molecular formula is C20H21N3O. The number of aromatic nitrogens is 1. The fourth-order valence-corrected chi connectivity index (χ4v) is 4.73. The number of piperidine rings is 1. The number of benzene rings is 1. The summed E-state index contributed by atoms with van der Waals surface area (Å²) in [6, 6.07) is 8.38. The van der Waals surface area contributed by atoms with Gasteiger partial charge in [-0.15, -0.1) is 0 Å². The van der Waals surface area contributed by atoms with E-state index in [1.165, 1.54) is 17.0 Å². The second-order valence-corrected chi connectivity index (χ2v) is 7.34. The van der Waals surface area contributed by atoms with Crippen molar-refractivity contribution in [3.8, 4) is 0 Å². The van der Waals surface area contributed by atoms with Crippen LogP contribution < -0.4 is 0 Å². The topological polar surface area (TPSA) is 48.5 Å². The molecule has 0 radical (unpaired) electrons. The third-order valence-electron chi connectivity index (χ3n) is 5.81. The van der Waals surface area contributed by atoms with Gasteiger partial charge in [0.15, 0.2) is 0 Å². The van der Waals surface area contributed by atoms with Crippen molar-refractivity contribution < 1.29 is 4.79 Å². The molecule has 2 atom stereocenters. The number of H-pyrrole nitrogens is 1. The number of nitrogens with one attached hydrogen (secondary N) is 1. The van der Waals surface area contributed by atoms with E-state index in [-0.39, 0.29) is 5.91 Å². The Morgan fingerprint density at radius 1 is 1.33 bits per heavy atom. The monoisotopic (exact) mass is 319 g/mol. The van der Waals surface area contributed by atoms with Gasteiger partial charge in [0.2, 0.25) is 0 Å². The molecular weight excluding hydrogens is 298 g/mol. The molecule has 1 amide bonds. The third kappa shape index (κ3) is 1.98. The van der Waals surface area contributed by atoms with Crippen LogP contribution in [0.15, 0.2) is 46.7 Å². The largest absolute Gasteiger partial charge is 0.360 e. The van der Waals surface area contributed by atoms with Gasteiger partial charge in [0.1, 0.15) is 0 Å². The predicted molar refractivity (Wildman–Crippen MR) is 95.2 cm³/mol. The Morgan fingerprint density at radius 2 is 2.21 bits per heavy atom. The first-order valence-electron chi connectivity index (χ1n) is 8.84. The Morgan fingerprint density at radius 3 is 3.12 bits per heavy atom. The van der Waals surface area contributed by atoms with Crippen LogP contribution in [0.1, 0.15) is 43.0 Å². The van der Waals surface area contributed by atoms with Gasteiger partial charge in [-0.2, -0.15) is 0 Å². The lowest BCUT2D eigenvalue weighted by molar-refractivity contribution is 0.0552. The van der Waals surface area contributed by atoms with E-state index in [0.29, 0.717) is 12.0 Å². The van der Waals surface area contributed by atoms with Crippen molar-refractivity contribution in [1.29, 1.82) is 0 Å². The Labute approximate surface area is 141 Å². The van der Waals surface area contributed by atoms with Crippen molar-refractivity contribution in [2.75, 3.05) is 6.54 Å². The number of carbonyl (C=O) groups excluding carboxylic acids is 1. The Balaban J connectivity index is 1.46. The number of para-hydroxylation sites is 1. The van der Waals surface area contributed by atoms with Crippen molar-refractivity contribution in [3.63, 3.8) is 0 Å². The highest BCUT2D eigenvalue weighted by atomic mass is 16.2. The molecule has 2 bridgehead atoms. The number of likely N-dealkylation sites (tertiary alicyclic amines) is 1. The molecule has 1 aromatic heterocycles. The van der Waals surface area contributed by atoms with E-state index in [0.717, 1.165) is 48.7 Å². The summed E-state index contributed by atoms with van der Waals surface area (Å²) in [4.78, 5) is 23.3. The molecule has 122 valence electrons. The molecule has 1 fully saturated rings. The lowest BCUT2D eigenvalue weighted by atomic mass is 9.78. The smallest absolute Gasteiger partial charge is 0.256 e. The summed E-state index contributed by atoms with van der Waals surface area (Å²) in [6.07, 6.45) is 6.00. The molecule has 24 heavy (non-hydrogen) atoms. The number of fused-ring (bicyclic) bond motifs is 4. The van der Waals surface area contributed by atoms with Gasteiger partial charge in [-0.1, -0.05) is 18.2 Å². The molecule has 0 saturated carbocycles. The van der Waals surface area contributed by atoms with Crippen LogP contribution in [0.3, 0.4) is 0 Å². The van der Waals surface area contributed by atoms with Crippen LogP contribution in [0.25, 0.3) is 10.9 Å². The maximum Gasteiger partial charge on any atom is 0.256 e. The first-order chi connectivity index (χ1) is 11.7. The minimum atomic E-state index is 0.176. The zero-order valence-electron chi connectivity index (χ0n) is 13.9. The predicted octanol–water partition coefficient (Wildman–Crippen LogP) is 3.91. The van der Waals surface area contributed by atoms with Crippen LogP contribution in [0.5, 0.6) is 0 Å². The Hall–Kier alpha value is -2.36. The first-order valence-corrected chi connectivity index (χ1v) is 8.84. The van der Waals surface area contributed by atoms with Crippen LogP contribution in [0, 0.1) is 5.92 Å². The normalized spacial score (nSPS) is 25.9. The van der Waals surface area contributed by atoms with Crippen molar-refractivity contribution in [2.45, 2.75) is 38.6 Å². The fourth-order valence-electron chi connectivity index (χ4n) is 4.73. The molecule has 0 unspecified atom stereocenters. The van der Waals surface area contributed by atoms with E-state index in [9.17, 15) is 4.79 Å². The SMILES string of the molecule is CC1=NC2=C(C1)C[C@@H]1C[C@H]2CCN1C(=O)c1c[nH]c2ccccc12. The second-order valence-electron chi connectivity index (χ2n) is 7.34. The van der Waals surface area contributed by atoms with E-state index in [4.69, 9.17) is 4.99 Å². The number of hydrogen-bond donors (Lipinski definition) is 1. The van der Waals surface area contributed by atoms with Gasteiger partial charge < -0.3 is 9.88 Å². The third-order valence-corrected chi connectivity index (χ3v) is 5.81. The number of nitrogens with zero attached hydrogens (tertiary/aromatic N) is 2. The number of rotatable bonds is 1. The van der Waals surface area contributed by atoms with Crippen molar-refractivity contribution in [1.82, 2.24) is 9.88 Å². The molecule has 3 aliphatic rings. The van der Waals surface area contributed by atoms with Gasteiger partial charge in [0, 0.05) is 53.4 Å². The molecule has 4 nitrogen and oxygen atoms in total. The van der Waals surface area contributed by atoms with Crippen molar-refractivity contribution >= 4 is 22.5 Å². The number of amides is 1. The summed E-state index contributed by atoms with van der Waals surface area (Å²) >= 11 is 0. The average Bonchev–Trinajstić information content (AvgIpc) is 3.17. The summed E-state index contributed by atoms with van der Waals surface area (Å²) in [5, 5.41) is 1.03. The van der Waals surface area contributed by atoms with Gasteiger partial charge in [-0.3, -0.25) is 9.79 Å². The molecule has 1 aliphatic carbocycles. The van der Waals surface area contributed by atoms with Crippen molar-refractivity contribution in [3.05, 3.63) is 47.3 Å². The molecule has 0 spiro atoms. The zero-order valence-corrected chi connectivity index (χ0v) is 13.9. The number of hydrogen-bond acceptors (Lipinski definition) is 2. The lowest BCUT2D eigenvalue weighted by Gasteiger charge is -2.43. The van der Waals surface area contributed by atoms with Gasteiger partial charge in [-0.05, 0) is 37.8 Å².